The van der Waals surface area contributed by atoms with Gasteiger partial charge in [0.25, 0.3) is 0 Å². The number of nitrogens with one attached hydrogen (secondary N) is 2. The van der Waals surface area contributed by atoms with E-state index >= 15 is 0 Å². The Kier molecular flexibility index (Phi) is 3.13. The van der Waals surface area contributed by atoms with Gasteiger partial charge in [0.15, 0.2) is 0 Å². The number of benzene rings is 1. The van der Waals surface area contributed by atoms with Crippen molar-refractivity contribution < 1.29 is 0 Å². The highest BCUT2D eigenvalue weighted by atomic mass is 35.5. The molecule has 22 heavy (non-hydrogen) atoms. The zero-order chi connectivity index (χ0) is 15.3. The van der Waals surface area contributed by atoms with Crippen LogP contribution < -0.4 is 0 Å². The normalized spacial score (nSPS) is 11.6. The van der Waals surface area contributed by atoms with Gasteiger partial charge in [0.2, 0.25) is 0 Å². The van der Waals surface area contributed by atoms with E-state index in [2.05, 4.69) is 46.1 Å². The number of hydrogen-bond donors (Lipinski definition) is 2. The number of pyridine rings is 1. The first-order chi connectivity index (χ1) is 10.6. The van der Waals surface area contributed by atoms with Gasteiger partial charge in [0, 0.05) is 40.3 Å². The Bertz CT molecular complexity index is 998. The van der Waals surface area contributed by atoms with Crippen molar-refractivity contribution in [1.82, 2.24) is 15.0 Å². The van der Waals surface area contributed by atoms with Crippen LogP contribution in [-0.4, -0.2) is 15.0 Å². The van der Waals surface area contributed by atoms with E-state index in [-0.39, 0.29) is 0 Å². The van der Waals surface area contributed by atoms with Crippen LogP contribution in [0.15, 0.2) is 36.5 Å². The lowest BCUT2D eigenvalue weighted by Crippen LogP contribution is -1.89. The van der Waals surface area contributed by atoms with E-state index in [1.54, 1.807) is 6.20 Å². The smallest absolute Gasteiger partial charge is 0.137 e. The van der Waals surface area contributed by atoms with E-state index in [0.29, 0.717) is 11.4 Å². The molecule has 0 unspecified atom stereocenters. The summed E-state index contributed by atoms with van der Waals surface area (Å²) in [6.45, 7) is 2.07. The van der Waals surface area contributed by atoms with Crippen molar-refractivity contribution in [1.29, 1.82) is 0 Å². The summed E-state index contributed by atoms with van der Waals surface area (Å²) >= 11 is 12.5. The second-order valence-corrected chi connectivity index (χ2v) is 6.34. The van der Waals surface area contributed by atoms with Crippen LogP contribution >= 0.6 is 23.2 Å². The number of halogens is 2. The monoisotopic (exact) mass is 329 g/mol. The van der Waals surface area contributed by atoms with E-state index in [9.17, 15) is 0 Å². The van der Waals surface area contributed by atoms with Gasteiger partial charge >= 0.3 is 0 Å². The number of aromatic nitrogens is 3. The third kappa shape index (κ3) is 2.27. The molecule has 0 aliphatic carbocycles. The van der Waals surface area contributed by atoms with Crippen LogP contribution in [0.4, 0.5) is 0 Å². The predicted octanol–water partition coefficient (Wildman–Crippen LogP) is 5.25. The fourth-order valence-electron chi connectivity index (χ4n) is 2.79. The molecule has 0 amide bonds. The van der Waals surface area contributed by atoms with Crippen molar-refractivity contribution in [3.05, 3.63) is 63.5 Å². The average molecular weight is 330 g/mol. The molecule has 0 atom stereocenters. The van der Waals surface area contributed by atoms with Gasteiger partial charge in [-0.2, -0.15) is 0 Å². The number of rotatable bonds is 2. The molecule has 0 aliphatic rings. The van der Waals surface area contributed by atoms with Crippen LogP contribution in [0.5, 0.6) is 0 Å². The molecule has 0 saturated carbocycles. The van der Waals surface area contributed by atoms with Crippen LogP contribution in [0.2, 0.25) is 10.0 Å². The largest absolute Gasteiger partial charge is 0.357 e. The SMILES string of the molecule is Cc1ccc2c(Cl)c(Cc3cc4cc(Cl)cnc4[nH]3)[nH]c2c1. The Morgan fingerprint density at radius 1 is 1.09 bits per heavy atom. The summed E-state index contributed by atoms with van der Waals surface area (Å²) in [6, 6.07) is 10.2. The molecule has 0 radical (unpaired) electrons. The predicted molar refractivity (Wildman–Crippen MR) is 92.0 cm³/mol. The number of fused-ring (bicyclic) bond motifs is 2. The fraction of sp³-hybridized carbons (Fsp3) is 0.118. The van der Waals surface area contributed by atoms with Gasteiger partial charge in [0.1, 0.15) is 5.65 Å². The Labute approximate surface area is 137 Å². The summed E-state index contributed by atoms with van der Waals surface area (Å²) < 4.78 is 0. The van der Waals surface area contributed by atoms with Gasteiger partial charge in [-0.15, -0.1) is 0 Å². The molecule has 2 N–H and O–H groups in total. The summed E-state index contributed by atoms with van der Waals surface area (Å²) in [7, 11) is 0. The average Bonchev–Trinajstić information content (AvgIpc) is 3.00. The topological polar surface area (TPSA) is 44.5 Å². The van der Waals surface area contributed by atoms with Crippen LogP contribution in [0.25, 0.3) is 21.9 Å². The highest BCUT2D eigenvalue weighted by Gasteiger charge is 2.12. The number of aromatic amines is 2. The van der Waals surface area contributed by atoms with Gasteiger partial charge in [-0.3, -0.25) is 0 Å². The molecule has 0 saturated heterocycles. The van der Waals surface area contributed by atoms with E-state index in [4.69, 9.17) is 23.2 Å². The van der Waals surface area contributed by atoms with Gasteiger partial charge in [0.05, 0.1) is 10.0 Å². The minimum atomic E-state index is 0.636. The van der Waals surface area contributed by atoms with Gasteiger partial charge in [-0.25, -0.2) is 4.98 Å². The molecule has 5 heteroatoms. The number of aryl methyl sites for hydroxylation is 1. The van der Waals surface area contributed by atoms with E-state index < -0.39 is 0 Å². The Balaban J connectivity index is 1.76. The van der Waals surface area contributed by atoms with Crippen molar-refractivity contribution in [2.45, 2.75) is 13.3 Å². The summed E-state index contributed by atoms with van der Waals surface area (Å²) in [5, 5.41) is 3.47. The maximum atomic E-state index is 6.50. The molecule has 110 valence electrons. The molecule has 0 fully saturated rings. The molecule has 3 aromatic heterocycles. The van der Waals surface area contributed by atoms with Crippen molar-refractivity contribution in [3.63, 3.8) is 0 Å². The molecular formula is C17H13Cl2N3. The van der Waals surface area contributed by atoms with Crippen molar-refractivity contribution in [2.24, 2.45) is 0 Å². The molecule has 0 bridgehead atoms. The van der Waals surface area contributed by atoms with Gasteiger partial charge < -0.3 is 9.97 Å². The standard InChI is InChI=1S/C17H13Cl2N3/c1-9-2-3-13-14(4-9)22-15(16(13)19)7-12-6-10-5-11(18)8-20-17(10)21-12/h2-6,8,22H,7H2,1H3,(H,20,21). The highest BCUT2D eigenvalue weighted by Crippen LogP contribution is 2.30. The van der Waals surface area contributed by atoms with Crippen molar-refractivity contribution >= 4 is 45.1 Å². The lowest BCUT2D eigenvalue weighted by Gasteiger charge is -1.96. The summed E-state index contributed by atoms with van der Waals surface area (Å²) in [5.74, 6) is 0. The maximum absolute atomic E-state index is 6.50. The molecule has 0 aliphatic heterocycles. The lowest BCUT2D eigenvalue weighted by atomic mass is 10.2. The molecule has 1 aromatic carbocycles. The van der Waals surface area contributed by atoms with E-state index in [1.807, 2.05) is 6.07 Å². The van der Waals surface area contributed by atoms with Crippen LogP contribution in [0.3, 0.4) is 0 Å². The van der Waals surface area contributed by atoms with Crippen molar-refractivity contribution in [2.75, 3.05) is 0 Å². The first-order valence-corrected chi connectivity index (χ1v) is 7.75. The first kappa shape index (κ1) is 13.7. The summed E-state index contributed by atoms with van der Waals surface area (Å²) in [6.07, 6.45) is 2.34. The molecule has 3 nitrogen and oxygen atoms in total. The minimum Gasteiger partial charge on any atom is -0.357 e. The van der Waals surface area contributed by atoms with E-state index in [0.717, 1.165) is 38.3 Å². The van der Waals surface area contributed by atoms with Gasteiger partial charge in [-0.05, 0) is 30.7 Å². The third-order valence-corrected chi connectivity index (χ3v) is 4.46. The zero-order valence-electron chi connectivity index (χ0n) is 11.9. The maximum Gasteiger partial charge on any atom is 0.137 e. The Morgan fingerprint density at radius 3 is 2.82 bits per heavy atom. The van der Waals surface area contributed by atoms with Gasteiger partial charge in [-0.1, -0.05) is 35.3 Å². The minimum absolute atomic E-state index is 0.636. The molecule has 4 rings (SSSR count). The quantitative estimate of drug-likeness (QED) is 0.518. The molecule has 0 spiro atoms. The Morgan fingerprint density at radius 2 is 1.95 bits per heavy atom. The summed E-state index contributed by atoms with van der Waals surface area (Å²) in [4.78, 5) is 11.0. The van der Waals surface area contributed by atoms with E-state index in [1.165, 1.54) is 5.56 Å². The number of H-pyrrole nitrogens is 2. The third-order valence-electron chi connectivity index (χ3n) is 3.82. The zero-order valence-corrected chi connectivity index (χ0v) is 13.4. The number of hydrogen-bond acceptors (Lipinski definition) is 1. The Hall–Kier alpha value is -1.97. The highest BCUT2D eigenvalue weighted by molar-refractivity contribution is 6.36. The lowest BCUT2D eigenvalue weighted by molar-refractivity contribution is 1.06. The fourth-order valence-corrected chi connectivity index (χ4v) is 3.23. The number of nitrogens with zero attached hydrogens (tertiary/aromatic N) is 1. The molecule has 3 heterocycles. The van der Waals surface area contributed by atoms with Crippen LogP contribution in [0, 0.1) is 6.92 Å². The van der Waals surface area contributed by atoms with Crippen LogP contribution in [-0.2, 0) is 6.42 Å². The molecule has 4 aromatic rings. The second kappa shape index (κ2) is 5.04. The summed E-state index contributed by atoms with van der Waals surface area (Å²) in [5.41, 5.74) is 5.16. The second-order valence-electron chi connectivity index (χ2n) is 5.53. The molecular weight excluding hydrogens is 317 g/mol. The van der Waals surface area contributed by atoms with Crippen LogP contribution in [0.1, 0.15) is 17.0 Å². The first-order valence-electron chi connectivity index (χ1n) is 7.00. The van der Waals surface area contributed by atoms with Crippen molar-refractivity contribution in [3.8, 4) is 0 Å².